The van der Waals surface area contributed by atoms with Crippen molar-refractivity contribution >= 4 is 17.4 Å². The summed E-state index contributed by atoms with van der Waals surface area (Å²) in [6, 6.07) is 3.50. The van der Waals surface area contributed by atoms with Crippen molar-refractivity contribution < 1.29 is 14.3 Å². The van der Waals surface area contributed by atoms with Gasteiger partial charge in [-0.05, 0) is 18.9 Å². The average molecular weight is 309 g/mol. The molecule has 4 heteroatoms. The molecule has 3 rings (SSSR count). The fourth-order valence-electron chi connectivity index (χ4n) is 3.13. The minimum absolute atomic E-state index is 0.106. The van der Waals surface area contributed by atoms with Crippen LogP contribution in [0.4, 0.5) is 0 Å². The van der Waals surface area contributed by atoms with Crippen LogP contribution in [0.5, 0.6) is 11.5 Å². The lowest BCUT2D eigenvalue weighted by Crippen LogP contribution is -2.15. The lowest BCUT2D eigenvalue weighted by molar-refractivity contribution is 0.0907. The largest absolute Gasteiger partial charge is 0.490 e. The fraction of sp³-hybridized carbons (Fsp3) is 0.588. The van der Waals surface area contributed by atoms with E-state index in [9.17, 15) is 4.79 Å². The van der Waals surface area contributed by atoms with Crippen LogP contribution < -0.4 is 9.47 Å². The van der Waals surface area contributed by atoms with Crippen LogP contribution in [0.25, 0.3) is 0 Å². The average Bonchev–Trinajstić information content (AvgIpc) is 2.88. The number of rotatable bonds is 2. The maximum atomic E-state index is 12.8. The molecule has 1 aliphatic carbocycles. The van der Waals surface area contributed by atoms with Crippen molar-refractivity contribution in [2.45, 2.75) is 44.9 Å². The Morgan fingerprint density at radius 3 is 2.24 bits per heavy atom. The van der Waals surface area contributed by atoms with E-state index in [1.165, 1.54) is 12.8 Å². The molecule has 1 fully saturated rings. The molecule has 0 aromatic heterocycles. The second-order valence-electron chi connectivity index (χ2n) is 5.88. The maximum Gasteiger partial charge on any atom is 0.167 e. The molecule has 2 aliphatic rings. The Bertz CT molecular complexity index is 519. The Kier molecular flexibility index (Phi) is 4.69. The van der Waals surface area contributed by atoms with E-state index in [0.29, 0.717) is 35.3 Å². The molecule has 0 unspecified atom stereocenters. The van der Waals surface area contributed by atoms with Gasteiger partial charge in [-0.3, -0.25) is 4.79 Å². The zero-order chi connectivity index (χ0) is 14.7. The number of fused-ring (bicyclic) bond motifs is 1. The molecule has 0 N–H and O–H groups in total. The van der Waals surface area contributed by atoms with Gasteiger partial charge in [-0.25, -0.2) is 0 Å². The molecule has 21 heavy (non-hydrogen) atoms. The Hall–Kier alpha value is -1.22. The monoisotopic (exact) mass is 308 g/mol. The first-order valence-corrected chi connectivity index (χ1v) is 8.27. The van der Waals surface area contributed by atoms with Gasteiger partial charge in [-0.1, -0.05) is 37.3 Å². The third-order valence-electron chi connectivity index (χ3n) is 4.33. The summed E-state index contributed by atoms with van der Waals surface area (Å²) in [6.45, 7) is 1.24. The molecule has 0 atom stereocenters. The number of ether oxygens (including phenoxy) is 2. The van der Waals surface area contributed by atoms with Gasteiger partial charge in [0.25, 0.3) is 0 Å². The number of carbonyl (C=O) groups is 1. The van der Waals surface area contributed by atoms with Crippen molar-refractivity contribution in [1.82, 2.24) is 0 Å². The summed E-state index contributed by atoms with van der Waals surface area (Å²) in [5.41, 5.74) is 0.591. The van der Waals surface area contributed by atoms with Crippen LogP contribution >= 0.6 is 11.6 Å². The summed E-state index contributed by atoms with van der Waals surface area (Å²) in [7, 11) is 0. The molecular formula is C17H21ClO3. The number of carbonyl (C=O) groups excluding carboxylic acids is 1. The Balaban J connectivity index is 1.86. The normalized spacial score (nSPS) is 19.7. The highest BCUT2D eigenvalue weighted by Gasteiger charge is 2.25. The highest BCUT2D eigenvalue weighted by molar-refractivity contribution is 6.34. The molecule has 1 aromatic carbocycles. The van der Waals surface area contributed by atoms with Gasteiger partial charge >= 0.3 is 0 Å². The SMILES string of the molecule is O=C(c1cc2c(cc1Cl)OCCCO2)C1CCCCCC1. The van der Waals surface area contributed by atoms with Crippen LogP contribution in [0.15, 0.2) is 12.1 Å². The van der Waals surface area contributed by atoms with Crippen LogP contribution in [0, 0.1) is 5.92 Å². The van der Waals surface area contributed by atoms with Crippen LogP contribution in [-0.2, 0) is 0 Å². The van der Waals surface area contributed by atoms with Crippen molar-refractivity contribution in [3.63, 3.8) is 0 Å². The van der Waals surface area contributed by atoms with E-state index in [0.717, 1.165) is 32.1 Å². The molecule has 1 heterocycles. The second-order valence-corrected chi connectivity index (χ2v) is 6.29. The van der Waals surface area contributed by atoms with Crippen molar-refractivity contribution in [3.8, 4) is 11.5 Å². The number of halogens is 1. The first-order chi connectivity index (χ1) is 10.3. The second kappa shape index (κ2) is 6.69. The quantitative estimate of drug-likeness (QED) is 0.589. The summed E-state index contributed by atoms with van der Waals surface area (Å²) in [6.07, 6.45) is 7.54. The molecule has 0 amide bonds. The standard InChI is InChI=1S/C17H21ClO3/c18-14-11-16-15(20-8-5-9-21-16)10-13(14)17(19)12-6-3-1-2-4-7-12/h10-12H,1-9H2. The highest BCUT2D eigenvalue weighted by Crippen LogP contribution is 2.37. The topological polar surface area (TPSA) is 35.5 Å². The minimum atomic E-state index is 0.106. The molecular weight excluding hydrogens is 288 g/mol. The summed E-state index contributed by atoms with van der Waals surface area (Å²) >= 11 is 6.31. The summed E-state index contributed by atoms with van der Waals surface area (Å²) in [5, 5.41) is 0.480. The Morgan fingerprint density at radius 1 is 0.952 bits per heavy atom. The summed E-state index contributed by atoms with van der Waals surface area (Å²) in [4.78, 5) is 12.8. The van der Waals surface area contributed by atoms with Gasteiger partial charge < -0.3 is 9.47 Å². The van der Waals surface area contributed by atoms with Gasteiger partial charge in [-0.2, -0.15) is 0 Å². The van der Waals surface area contributed by atoms with Crippen molar-refractivity contribution in [2.75, 3.05) is 13.2 Å². The van der Waals surface area contributed by atoms with Crippen molar-refractivity contribution in [1.29, 1.82) is 0 Å². The number of hydrogen-bond donors (Lipinski definition) is 0. The molecule has 0 radical (unpaired) electrons. The van der Waals surface area contributed by atoms with Crippen LogP contribution in [-0.4, -0.2) is 19.0 Å². The lowest BCUT2D eigenvalue weighted by atomic mass is 9.91. The number of benzene rings is 1. The van der Waals surface area contributed by atoms with Crippen LogP contribution in [0.3, 0.4) is 0 Å². The van der Waals surface area contributed by atoms with Crippen molar-refractivity contribution in [2.24, 2.45) is 5.92 Å². The van der Waals surface area contributed by atoms with Gasteiger partial charge in [0.15, 0.2) is 17.3 Å². The summed E-state index contributed by atoms with van der Waals surface area (Å²) < 4.78 is 11.3. The molecule has 0 spiro atoms. The van der Waals surface area contributed by atoms with Crippen LogP contribution in [0.2, 0.25) is 5.02 Å². The lowest BCUT2D eigenvalue weighted by Gasteiger charge is -2.16. The molecule has 1 saturated carbocycles. The smallest absolute Gasteiger partial charge is 0.167 e. The van der Waals surface area contributed by atoms with E-state index in [4.69, 9.17) is 21.1 Å². The first-order valence-electron chi connectivity index (χ1n) is 7.89. The van der Waals surface area contributed by atoms with E-state index >= 15 is 0 Å². The van der Waals surface area contributed by atoms with E-state index in [-0.39, 0.29) is 11.7 Å². The number of Topliss-reactive ketones (excluding diaryl/α,β-unsaturated/α-hetero) is 1. The molecule has 1 aromatic rings. The maximum absolute atomic E-state index is 12.8. The highest BCUT2D eigenvalue weighted by atomic mass is 35.5. The van der Waals surface area contributed by atoms with Gasteiger partial charge in [0.05, 0.1) is 18.2 Å². The molecule has 114 valence electrons. The van der Waals surface area contributed by atoms with E-state index in [1.54, 1.807) is 12.1 Å². The number of hydrogen-bond acceptors (Lipinski definition) is 3. The summed E-state index contributed by atoms with van der Waals surface area (Å²) in [5.74, 6) is 1.57. The Labute approximate surface area is 130 Å². The van der Waals surface area contributed by atoms with Gasteiger partial charge in [0.2, 0.25) is 0 Å². The molecule has 0 bridgehead atoms. The van der Waals surface area contributed by atoms with E-state index < -0.39 is 0 Å². The molecule has 0 saturated heterocycles. The minimum Gasteiger partial charge on any atom is -0.490 e. The zero-order valence-electron chi connectivity index (χ0n) is 12.2. The fourth-order valence-corrected chi connectivity index (χ4v) is 3.38. The number of ketones is 1. The van der Waals surface area contributed by atoms with Gasteiger partial charge in [0.1, 0.15) is 0 Å². The molecule has 1 aliphatic heterocycles. The van der Waals surface area contributed by atoms with Crippen LogP contribution in [0.1, 0.15) is 55.3 Å². The first kappa shape index (κ1) is 14.7. The zero-order valence-corrected chi connectivity index (χ0v) is 13.0. The Morgan fingerprint density at radius 2 is 1.57 bits per heavy atom. The van der Waals surface area contributed by atoms with Gasteiger partial charge in [-0.15, -0.1) is 0 Å². The predicted octanol–water partition coefficient (Wildman–Crippen LogP) is 4.65. The predicted molar refractivity (Wildman–Crippen MR) is 82.6 cm³/mol. The molecule has 3 nitrogen and oxygen atoms in total. The third kappa shape index (κ3) is 3.34. The third-order valence-corrected chi connectivity index (χ3v) is 4.64. The van der Waals surface area contributed by atoms with E-state index in [2.05, 4.69) is 0 Å². The van der Waals surface area contributed by atoms with Crippen molar-refractivity contribution in [3.05, 3.63) is 22.7 Å². The van der Waals surface area contributed by atoms with Gasteiger partial charge in [0, 0.05) is 24.0 Å². The van der Waals surface area contributed by atoms with E-state index in [1.807, 2.05) is 0 Å².